The minimum absolute atomic E-state index is 0.0476. The van der Waals surface area contributed by atoms with E-state index in [-0.39, 0.29) is 18.1 Å². The molecule has 1 fully saturated rings. The molecule has 0 radical (unpaired) electrons. The number of benzene rings is 1. The van der Waals surface area contributed by atoms with Crippen molar-refractivity contribution in [3.63, 3.8) is 0 Å². The first-order valence-electron chi connectivity index (χ1n) is 10.9. The van der Waals surface area contributed by atoms with Gasteiger partial charge in [0, 0.05) is 31.0 Å². The van der Waals surface area contributed by atoms with Crippen LogP contribution in [0.5, 0.6) is 0 Å². The number of para-hydroxylation sites is 1. The first kappa shape index (κ1) is 22.5. The van der Waals surface area contributed by atoms with Gasteiger partial charge in [0.05, 0.1) is 23.6 Å². The van der Waals surface area contributed by atoms with Crippen molar-refractivity contribution in [1.29, 1.82) is 0 Å². The number of hydrogen-bond acceptors (Lipinski definition) is 6. The molecule has 0 aliphatic carbocycles. The molecule has 8 heteroatoms. The number of morpholine rings is 1. The van der Waals surface area contributed by atoms with Crippen LogP contribution in [0, 0.1) is 0 Å². The third-order valence-corrected chi connectivity index (χ3v) is 6.36. The lowest BCUT2D eigenvalue weighted by atomic mass is 10.0. The number of hydrogen-bond donors (Lipinski definition) is 0. The molecule has 1 aliphatic rings. The predicted molar refractivity (Wildman–Crippen MR) is 126 cm³/mol. The van der Waals surface area contributed by atoms with Gasteiger partial charge in [-0.2, -0.15) is 0 Å². The van der Waals surface area contributed by atoms with E-state index in [2.05, 4.69) is 45.7 Å². The summed E-state index contributed by atoms with van der Waals surface area (Å²) in [6.07, 6.45) is 3.62. The first-order chi connectivity index (χ1) is 15.4. The Morgan fingerprint density at radius 1 is 1.12 bits per heavy atom. The summed E-state index contributed by atoms with van der Waals surface area (Å²) in [7, 11) is 0. The topological polar surface area (TPSA) is 73.1 Å². The number of rotatable bonds is 6. The predicted octanol–water partition coefficient (Wildman–Crippen LogP) is 4.18. The molecule has 1 saturated heterocycles. The average molecular weight is 452 g/mol. The number of amides is 1. The maximum Gasteiger partial charge on any atom is 0.233 e. The summed E-state index contributed by atoms with van der Waals surface area (Å²) >= 11 is 1.42. The van der Waals surface area contributed by atoms with Crippen molar-refractivity contribution in [2.45, 2.75) is 51.0 Å². The van der Waals surface area contributed by atoms with Gasteiger partial charge < -0.3 is 9.64 Å². The normalized spacial score (nSPS) is 18.8. The summed E-state index contributed by atoms with van der Waals surface area (Å²) in [5, 5.41) is 9.65. The number of aromatic nitrogens is 4. The second-order valence-electron chi connectivity index (χ2n) is 8.44. The van der Waals surface area contributed by atoms with Crippen LogP contribution in [0.3, 0.4) is 0 Å². The van der Waals surface area contributed by atoms with Crippen molar-refractivity contribution >= 4 is 17.7 Å². The van der Waals surface area contributed by atoms with E-state index >= 15 is 0 Å². The summed E-state index contributed by atoms with van der Waals surface area (Å²) in [6.45, 7) is 9.58. The van der Waals surface area contributed by atoms with Gasteiger partial charge in [0.2, 0.25) is 5.91 Å². The molecule has 7 nitrogen and oxygen atoms in total. The van der Waals surface area contributed by atoms with Gasteiger partial charge in [0.15, 0.2) is 11.0 Å². The fourth-order valence-corrected chi connectivity index (χ4v) is 4.89. The minimum Gasteiger partial charge on any atom is -0.372 e. The van der Waals surface area contributed by atoms with Crippen molar-refractivity contribution < 1.29 is 9.53 Å². The van der Waals surface area contributed by atoms with E-state index in [0.717, 1.165) is 17.1 Å². The summed E-state index contributed by atoms with van der Waals surface area (Å²) in [4.78, 5) is 19.1. The molecule has 0 bridgehead atoms. The minimum atomic E-state index is 0.0476. The highest BCUT2D eigenvalue weighted by Gasteiger charge is 2.27. The molecule has 2 aromatic heterocycles. The quantitative estimate of drug-likeness (QED) is 0.524. The van der Waals surface area contributed by atoms with Gasteiger partial charge >= 0.3 is 0 Å². The zero-order valence-corrected chi connectivity index (χ0v) is 19.7. The number of nitrogens with zero attached hydrogens (tertiary/aromatic N) is 5. The van der Waals surface area contributed by atoms with Gasteiger partial charge in [-0.3, -0.25) is 14.3 Å². The number of thioether (sulfide) groups is 1. The lowest BCUT2D eigenvalue weighted by Gasteiger charge is -2.35. The van der Waals surface area contributed by atoms with Crippen molar-refractivity contribution in [3.8, 4) is 17.1 Å². The summed E-state index contributed by atoms with van der Waals surface area (Å²) in [6, 6.07) is 12.1. The second kappa shape index (κ2) is 9.83. The fraction of sp³-hybridized carbons (Fsp3) is 0.417. The molecule has 0 N–H and O–H groups in total. The summed E-state index contributed by atoms with van der Waals surface area (Å²) in [5.74, 6) is 1.43. The smallest absolute Gasteiger partial charge is 0.233 e. The molecular weight excluding hydrogens is 422 g/mol. The Balaban J connectivity index is 1.66. The van der Waals surface area contributed by atoms with Crippen molar-refractivity contribution in [2.75, 3.05) is 18.8 Å². The lowest BCUT2D eigenvalue weighted by molar-refractivity contribution is -0.140. The number of carbonyl (C=O) groups excluding carboxylic acids is 1. The van der Waals surface area contributed by atoms with Crippen molar-refractivity contribution in [1.82, 2.24) is 24.6 Å². The Kier molecular flexibility index (Phi) is 6.91. The maximum atomic E-state index is 12.9. The van der Waals surface area contributed by atoms with E-state index in [1.807, 2.05) is 43.0 Å². The van der Waals surface area contributed by atoms with Crippen molar-refractivity contribution in [2.24, 2.45) is 0 Å². The average Bonchev–Trinajstić information content (AvgIpc) is 3.21. The molecule has 2 atom stereocenters. The van der Waals surface area contributed by atoms with Crippen LogP contribution in [0.25, 0.3) is 17.1 Å². The highest BCUT2D eigenvalue weighted by molar-refractivity contribution is 7.99. The monoisotopic (exact) mass is 451 g/mol. The van der Waals surface area contributed by atoms with E-state index in [1.54, 1.807) is 12.4 Å². The molecule has 0 saturated carbocycles. The van der Waals surface area contributed by atoms with Crippen LogP contribution in [0.1, 0.15) is 39.2 Å². The Hall–Kier alpha value is -2.71. The SMILES string of the molecule is CC1CN(C(=O)CSc2nnc(-c3cccnc3)n2-c2ccccc2C(C)C)CC(C)O1. The molecule has 32 heavy (non-hydrogen) atoms. The lowest BCUT2D eigenvalue weighted by Crippen LogP contribution is -2.48. The van der Waals surface area contributed by atoms with Crippen LogP contribution in [0.4, 0.5) is 0 Å². The molecule has 2 unspecified atom stereocenters. The van der Waals surface area contributed by atoms with E-state index in [9.17, 15) is 4.79 Å². The zero-order valence-electron chi connectivity index (χ0n) is 18.9. The molecule has 1 aromatic carbocycles. The van der Waals surface area contributed by atoms with Crippen LogP contribution in [-0.4, -0.2) is 61.6 Å². The molecular formula is C24H29N5O2S. The van der Waals surface area contributed by atoms with Crippen LogP contribution in [-0.2, 0) is 9.53 Å². The van der Waals surface area contributed by atoms with Crippen LogP contribution in [0.2, 0.25) is 0 Å². The number of ether oxygens (including phenoxy) is 1. The third kappa shape index (κ3) is 4.86. The maximum absolute atomic E-state index is 12.9. The van der Waals surface area contributed by atoms with Crippen molar-refractivity contribution in [3.05, 3.63) is 54.4 Å². The molecule has 4 rings (SSSR count). The Morgan fingerprint density at radius 3 is 2.56 bits per heavy atom. The van der Waals surface area contributed by atoms with E-state index in [4.69, 9.17) is 4.74 Å². The van der Waals surface area contributed by atoms with Crippen LogP contribution >= 0.6 is 11.8 Å². The standard InChI is InChI=1S/C24H29N5O2S/c1-16(2)20-9-5-6-10-21(20)29-23(19-8-7-11-25-12-19)26-27-24(29)32-15-22(30)28-13-17(3)31-18(4)14-28/h5-12,16-18H,13-15H2,1-4H3. The molecule has 3 heterocycles. The molecule has 1 amide bonds. The summed E-state index contributed by atoms with van der Waals surface area (Å²) < 4.78 is 7.81. The molecule has 1 aliphatic heterocycles. The molecule has 0 spiro atoms. The van der Waals surface area contributed by atoms with Gasteiger partial charge in [-0.25, -0.2) is 0 Å². The highest BCUT2D eigenvalue weighted by Crippen LogP contribution is 2.32. The highest BCUT2D eigenvalue weighted by atomic mass is 32.2. The van der Waals surface area contributed by atoms with Gasteiger partial charge in [0.1, 0.15) is 0 Å². The Bertz CT molecular complexity index is 1060. The molecule has 3 aromatic rings. The number of pyridine rings is 1. The van der Waals surface area contributed by atoms with E-state index in [0.29, 0.717) is 29.9 Å². The second-order valence-corrected chi connectivity index (χ2v) is 9.38. The fourth-order valence-electron chi connectivity index (χ4n) is 4.04. The van der Waals surface area contributed by atoms with Gasteiger partial charge in [-0.05, 0) is 43.5 Å². The Labute approximate surface area is 193 Å². The number of carbonyl (C=O) groups is 1. The van der Waals surface area contributed by atoms with Crippen LogP contribution < -0.4 is 0 Å². The van der Waals surface area contributed by atoms with Crippen LogP contribution in [0.15, 0.2) is 53.9 Å². The first-order valence-corrected chi connectivity index (χ1v) is 11.9. The summed E-state index contributed by atoms with van der Waals surface area (Å²) in [5.41, 5.74) is 3.10. The largest absolute Gasteiger partial charge is 0.372 e. The molecule has 168 valence electrons. The zero-order chi connectivity index (χ0) is 22.7. The Morgan fingerprint density at radius 2 is 1.88 bits per heavy atom. The van der Waals surface area contributed by atoms with E-state index < -0.39 is 0 Å². The van der Waals surface area contributed by atoms with Gasteiger partial charge in [-0.15, -0.1) is 10.2 Å². The third-order valence-electron chi connectivity index (χ3n) is 5.45. The van der Waals surface area contributed by atoms with E-state index in [1.165, 1.54) is 17.3 Å². The van der Waals surface area contributed by atoms with Gasteiger partial charge in [-0.1, -0.05) is 43.8 Å². The van der Waals surface area contributed by atoms with Gasteiger partial charge in [0.25, 0.3) is 0 Å².